The van der Waals surface area contributed by atoms with Crippen LogP contribution >= 0.6 is 61.3 Å². The number of hydrogen-bond donors (Lipinski definition) is 3. The van der Waals surface area contributed by atoms with Crippen molar-refractivity contribution in [1.82, 2.24) is 19.6 Å². The van der Waals surface area contributed by atoms with Gasteiger partial charge >= 0.3 is 31.2 Å². The summed E-state index contributed by atoms with van der Waals surface area (Å²) in [5.74, 6) is 1.68. The number of carbonyl (C=O) groups excluding carboxylic acids is 3. The average molecular weight is 1440 g/mol. The molecule has 0 aliphatic carbocycles. The number of esters is 1. The van der Waals surface area contributed by atoms with Gasteiger partial charge in [0, 0.05) is 47.5 Å². The predicted molar refractivity (Wildman–Crippen MR) is 392 cm³/mol. The van der Waals surface area contributed by atoms with Gasteiger partial charge in [-0.25, -0.2) is 19.2 Å². The van der Waals surface area contributed by atoms with E-state index in [1.165, 1.54) is 15.5 Å². The lowest BCUT2D eigenvalue weighted by molar-refractivity contribution is 0.00578. The Bertz CT molecular complexity index is 4640. The number of benzene rings is 6. The first-order valence-corrected chi connectivity index (χ1v) is 34.5. The van der Waals surface area contributed by atoms with Gasteiger partial charge in [-0.1, -0.05) is 104 Å². The molecule has 3 N–H and O–H groups in total. The number of para-hydroxylation sites is 2. The van der Waals surface area contributed by atoms with Crippen molar-refractivity contribution < 1.29 is 57.3 Å². The summed E-state index contributed by atoms with van der Waals surface area (Å²) >= 11 is 10.2. The van der Waals surface area contributed by atoms with Crippen molar-refractivity contribution >= 4 is 128 Å². The highest BCUT2D eigenvalue weighted by Gasteiger charge is 2.51. The SMILES string of the molecule is C.CCOC(=O)c1ccccc1Oc1ccc(B2OC(C)(C)C(C)(C)O2)cc1.C[C@@H](OC(=O)Nc1c(-c2cc3sc(-c4ccc(Oc5ccccc5C(=O)O)cc4)cc3s2)cnn1C)c1ccccc1.C[C@@H](OC(=O)Nc1c(-c2cc3sc(Br)cc3s2)cnn1C)c1ccccc1. The van der Waals surface area contributed by atoms with Crippen molar-refractivity contribution in [2.24, 2.45) is 14.1 Å². The van der Waals surface area contributed by atoms with Crippen LogP contribution in [0.2, 0.25) is 0 Å². The molecule has 7 heterocycles. The van der Waals surface area contributed by atoms with Crippen LogP contribution in [0.15, 0.2) is 198 Å². The second-order valence-electron chi connectivity index (χ2n) is 23.0. The van der Waals surface area contributed by atoms with E-state index in [9.17, 15) is 24.3 Å². The van der Waals surface area contributed by atoms with Gasteiger partial charge in [-0.2, -0.15) is 10.2 Å². The quantitative estimate of drug-likeness (QED) is 0.0440. The summed E-state index contributed by atoms with van der Waals surface area (Å²) in [6.07, 6.45) is 1.73. The van der Waals surface area contributed by atoms with Gasteiger partial charge in [-0.05, 0) is 171 Å². The molecule has 0 spiro atoms. The number of carboxylic acids is 1. The number of rotatable bonds is 17. The molecule has 0 radical (unpaired) electrons. The van der Waals surface area contributed by atoms with Crippen molar-refractivity contribution in [2.45, 2.75) is 79.3 Å². The topological polar surface area (TPSA) is 213 Å². The highest BCUT2D eigenvalue weighted by atomic mass is 79.9. The number of hydrogen-bond acceptors (Lipinski definition) is 17. The summed E-state index contributed by atoms with van der Waals surface area (Å²) in [6, 6.07) is 56.4. The first-order chi connectivity index (χ1) is 46.1. The van der Waals surface area contributed by atoms with Crippen LogP contribution in [0.1, 0.15) is 99.9 Å². The van der Waals surface area contributed by atoms with Gasteiger partial charge in [-0.3, -0.25) is 20.0 Å². The first-order valence-electron chi connectivity index (χ1n) is 30.4. The number of aromatic nitrogens is 4. The Hall–Kier alpha value is -9.40. The molecule has 1 aliphatic rings. The molecular weight excluding hydrogens is 1370 g/mol. The van der Waals surface area contributed by atoms with Gasteiger partial charge in [0.25, 0.3) is 0 Å². The highest BCUT2D eigenvalue weighted by molar-refractivity contribution is 9.11. The van der Waals surface area contributed by atoms with E-state index in [0.29, 0.717) is 46.8 Å². The van der Waals surface area contributed by atoms with Crippen molar-refractivity contribution in [3.8, 4) is 54.3 Å². The molecule has 24 heteroatoms. The molecule has 6 aromatic heterocycles. The summed E-state index contributed by atoms with van der Waals surface area (Å²) in [4.78, 5) is 51.8. The number of halogens is 1. The minimum absolute atomic E-state index is 0. The van der Waals surface area contributed by atoms with E-state index in [1.54, 1.807) is 125 Å². The monoisotopic (exact) mass is 1440 g/mol. The van der Waals surface area contributed by atoms with Crippen LogP contribution in [0.5, 0.6) is 23.0 Å². The Morgan fingerprint density at radius 3 is 1.45 bits per heavy atom. The fraction of sp³-hybridized carbons (Fsp3) is 0.205. The van der Waals surface area contributed by atoms with Crippen molar-refractivity contribution in [2.75, 3.05) is 17.2 Å². The van der Waals surface area contributed by atoms with Crippen LogP contribution in [0.25, 0.3) is 50.1 Å². The van der Waals surface area contributed by atoms with E-state index in [-0.39, 0.29) is 30.3 Å². The maximum Gasteiger partial charge on any atom is 0.494 e. The standard InChI is InChI=1S/C32H25N3O5S2.C21H25BO5.C19H16BrN3O2S2.CH4/c1-19(20-8-4-3-5-9-20)39-32(38)34-30-24(18-33-35(30)2)27-17-29-28(42-27)16-26(41-29)21-12-14-22(15-13-21)40-25-11-7-6-10-23(25)31(36)37;1-6-24-19(23)17-9-7-8-10-18(17)25-16-13-11-15(12-14-16)22-26-20(2,3)21(4,5)27-22;1-11(12-6-4-3-5-7-12)25-19(24)22-18-13(10-21-23(18)2)14-8-15-16(26-14)9-17(20)27-15;/h3-19H,1-2H3,(H,34,38)(H,36,37);7-14H,6H2,1-5H3;3-11H,1-2H3,(H,22,24);1H4/t19-;;11-;/m1.1./s1. The number of nitrogens with zero attached hydrogens (tertiary/aromatic N) is 4. The zero-order valence-corrected chi connectivity index (χ0v) is 58.5. The van der Waals surface area contributed by atoms with E-state index in [2.05, 4.69) is 61.0 Å². The molecule has 1 fully saturated rings. The predicted octanol–water partition coefficient (Wildman–Crippen LogP) is 19.9. The van der Waals surface area contributed by atoms with Gasteiger partial charge in [0.05, 0.1) is 45.1 Å². The summed E-state index contributed by atoms with van der Waals surface area (Å²) in [7, 11) is 3.16. The second-order valence-corrected chi connectivity index (χ2v) is 28.7. The van der Waals surface area contributed by atoms with Crippen LogP contribution in [-0.4, -0.2) is 73.7 Å². The fourth-order valence-electron chi connectivity index (χ4n) is 10.0. The van der Waals surface area contributed by atoms with Gasteiger partial charge in [-0.15, -0.1) is 45.3 Å². The largest absolute Gasteiger partial charge is 0.494 e. The minimum atomic E-state index is -1.04. The number of aromatic carboxylic acids is 1. The maximum absolute atomic E-state index is 12.7. The van der Waals surface area contributed by atoms with Crippen LogP contribution in [0, 0.1) is 0 Å². The molecular formula is C73H70BBrN6O12S4. The number of fused-ring (bicyclic) bond motifs is 2. The maximum atomic E-state index is 12.7. The van der Waals surface area contributed by atoms with Crippen LogP contribution in [0.4, 0.5) is 21.2 Å². The van der Waals surface area contributed by atoms with Gasteiger partial charge in [0.1, 0.15) is 58.0 Å². The van der Waals surface area contributed by atoms with Crippen molar-refractivity contribution in [3.05, 3.63) is 220 Å². The molecule has 97 heavy (non-hydrogen) atoms. The highest BCUT2D eigenvalue weighted by Crippen LogP contribution is 2.45. The van der Waals surface area contributed by atoms with E-state index in [1.807, 2.05) is 157 Å². The molecule has 6 aromatic carbocycles. The molecule has 1 saturated heterocycles. The lowest BCUT2D eigenvalue weighted by atomic mass is 9.79. The third-order valence-electron chi connectivity index (χ3n) is 15.8. The molecule has 2 amide bonds. The van der Waals surface area contributed by atoms with E-state index < -0.39 is 37.3 Å². The normalized spacial score (nSPS) is 13.4. The Kier molecular flexibility index (Phi) is 22.3. The molecule has 12 aromatic rings. The summed E-state index contributed by atoms with van der Waals surface area (Å²) in [5.41, 5.74) is 5.25. The van der Waals surface area contributed by atoms with Crippen molar-refractivity contribution in [3.63, 3.8) is 0 Å². The molecule has 0 unspecified atom stereocenters. The number of anilines is 2. The Balaban J connectivity index is 0.000000164. The van der Waals surface area contributed by atoms with E-state index in [4.69, 9.17) is 33.0 Å². The third kappa shape index (κ3) is 16.7. The molecule has 13 rings (SSSR count). The smallest absolute Gasteiger partial charge is 0.478 e. The summed E-state index contributed by atoms with van der Waals surface area (Å²) in [6.45, 7) is 13.9. The molecule has 0 bridgehead atoms. The first kappa shape index (κ1) is 70.4. The number of amides is 2. The molecule has 1 aliphatic heterocycles. The Morgan fingerprint density at radius 1 is 0.567 bits per heavy atom. The summed E-state index contributed by atoms with van der Waals surface area (Å²) in [5, 5.41) is 23.8. The third-order valence-corrected chi connectivity index (χ3v) is 21.0. The minimum Gasteiger partial charge on any atom is -0.478 e. The molecule has 498 valence electrons. The number of aryl methyl sites for hydroxylation is 2. The second kappa shape index (κ2) is 30.8. The van der Waals surface area contributed by atoms with E-state index in [0.717, 1.165) is 61.1 Å². The molecule has 18 nitrogen and oxygen atoms in total. The Morgan fingerprint density at radius 2 is 0.979 bits per heavy atom. The summed E-state index contributed by atoms with van der Waals surface area (Å²) < 4.78 is 49.1. The zero-order chi connectivity index (χ0) is 67.8. The number of carbonyl (C=O) groups is 4. The van der Waals surface area contributed by atoms with Crippen LogP contribution < -0.4 is 25.6 Å². The molecule has 2 atom stereocenters. The number of thiophene rings is 4. The van der Waals surface area contributed by atoms with Crippen molar-refractivity contribution in [1.29, 1.82) is 0 Å². The molecule has 0 saturated carbocycles. The fourth-order valence-corrected chi connectivity index (χ4v) is 15.5. The average Bonchev–Trinajstić information content (AvgIpc) is 1.64. The lowest BCUT2D eigenvalue weighted by Crippen LogP contribution is -2.41. The van der Waals surface area contributed by atoms with Gasteiger partial charge in [0.15, 0.2) is 0 Å². The number of ether oxygens (including phenoxy) is 5. The lowest BCUT2D eigenvalue weighted by Gasteiger charge is -2.32. The van der Waals surface area contributed by atoms with Gasteiger partial charge in [0.2, 0.25) is 0 Å². The van der Waals surface area contributed by atoms with Crippen LogP contribution in [-0.2, 0) is 37.6 Å². The zero-order valence-electron chi connectivity index (χ0n) is 53.7. The van der Waals surface area contributed by atoms with Crippen LogP contribution in [0.3, 0.4) is 0 Å². The van der Waals surface area contributed by atoms with Gasteiger partial charge < -0.3 is 38.1 Å². The number of nitrogens with one attached hydrogen (secondary N) is 2. The Labute approximate surface area is 586 Å². The van der Waals surface area contributed by atoms with E-state index >= 15 is 0 Å². The number of carboxylic acid groups (broad SMARTS) is 1.